The molecule has 1 amide bonds. The van der Waals surface area contributed by atoms with Crippen molar-refractivity contribution in [3.05, 3.63) is 52.4 Å². The van der Waals surface area contributed by atoms with E-state index < -0.39 is 59.6 Å². The molecule has 1 aromatic heterocycles. The van der Waals surface area contributed by atoms with Crippen LogP contribution in [0.4, 0.5) is 5.69 Å². The second kappa shape index (κ2) is 14.5. The largest absolute Gasteiger partial charge is 0.497 e. The number of aliphatic imine (C=N–C) groups is 1. The van der Waals surface area contributed by atoms with Gasteiger partial charge in [-0.2, -0.15) is 0 Å². The molecule has 1 fully saturated rings. The molecule has 0 radical (unpaired) electrons. The summed E-state index contributed by atoms with van der Waals surface area (Å²) in [5.41, 5.74) is -0.581. The lowest BCUT2D eigenvalue weighted by molar-refractivity contribution is -0.237. The molecular formula is C29H30N2O11S2. The number of amidine groups is 1. The summed E-state index contributed by atoms with van der Waals surface area (Å²) in [5.74, 6) is -2.73. The molecule has 0 spiro atoms. The number of hydrogen-bond acceptors (Lipinski definition) is 14. The number of thioether (sulfide) groups is 1. The number of benzene rings is 1. The van der Waals surface area contributed by atoms with Crippen LogP contribution in [0.2, 0.25) is 0 Å². The fourth-order valence-corrected chi connectivity index (χ4v) is 6.28. The van der Waals surface area contributed by atoms with Crippen LogP contribution in [0, 0.1) is 0 Å². The van der Waals surface area contributed by atoms with Gasteiger partial charge in [0, 0.05) is 32.6 Å². The number of amides is 1. The van der Waals surface area contributed by atoms with E-state index in [0.29, 0.717) is 11.4 Å². The van der Waals surface area contributed by atoms with Gasteiger partial charge in [0.05, 0.1) is 12.8 Å². The summed E-state index contributed by atoms with van der Waals surface area (Å²) >= 11 is 2.34. The normalized spacial score (nSPS) is 24.0. The van der Waals surface area contributed by atoms with Crippen LogP contribution >= 0.6 is 23.1 Å². The Kier molecular flexibility index (Phi) is 10.8. The average molecular weight is 647 g/mol. The fraction of sp³-hybridized carbons (Fsp3) is 0.379. The number of carbonyl (C=O) groups is 5. The minimum atomic E-state index is -1.36. The number of thiophene rings is 1. The zero-order valence-electron chi connectivity index (χ0n) is 24.4. The van der Waals surface area contributed by atoms with Gasteiger partial charge in [-0.05, 0) is 41.8 Å². The molecule has 2 aliphatic rings. The quantitative estimate of drug-likeness (QED) is 0.223. The van der Waals surface area contributed by atoms with Crippen molar-refractivity contribution in [3.8, 4) is 5.75 Å². The van der Waals surface area contributed by atoms with E-state index in [2.05, 4.69) is 4.99 Å². The summed E-state index contributed by atoms with van der Waals surface area (Å²) < 4.78 is 33.2. The number of methoxy groups -OCH3 is 1. The number of carbonyl (C=O) groups excluding carboxylic acids is 5. The highest BCUT2D eigenvalue weighted by Gasteiger charge is 2.53. The Morgan fingerprint density at radius 2 is 1.57 bits per heavy atom. The minimum absolute atomic E-state index is 0.136. The lowest BCUT2D eigenvalue weighted by Gasteiger charge is -2.44. The third-order valence-corrected chi connectivity index (χ3v) is 8.07. The number of nitrogens with zero attached hydrogens (tertiary/aromatic N) is 2. The first kappa shape index (κ1) is 32.7. The van der Waals surface area contributed by atoms with Crippen LogP contribution in [-0.2, 0) is 47.7 Å². The summed E-state index contributed by atoms with van der Waals surface area (Å²) in [6, 6.07) is 10.4. The van der Waals surface area contributed by atoms with Gasteiger partial charge in [0.25, 0.3) is 5.91 Å². The van der Waals surface area contributed by atoms with Crippen molar-refractivity contribution < 1.29 is 52.4 Å². The summed E-state index contributed by atoms with van der Waals surface area (Å²) in [6.45, 7) is 4.24. The number of ether oxygens (including phenoxy) is 6. The Hall–Kier alpha value is -4.21. The van der Waals surface area contributed by atoms with Gasteiger partial charge in [0.15, 0.2) is 28.9 Å². The van der Waals surface area contributed by atoms with E-state index >= 15 is 0 Å². The van der Waals surface area contributed by atoms with Gasteiger partial charge in [0.1, 0.15) is 24.2 Å². The first-order chi connectivity index (χ1) is 21.0. The van der Waals surface area contributed by atoms with Crippen molar-refractivity contribution in [2.24, 2.45) is 4.99 Å². The molecule has 5 atom stereocenters. The Morgan fingerprint density at radius 1 is 0.932 bits per heavy atom. The van der Waals surface area contributed by atoms with Crippen LogP contribution in [0.25, 0.3) is 6.08 Å². The third kappa shape index (κ3) is 8.03. The fourth-order valence-electron chi connectivity index (χ4n) is 4.43. The lowest BCUT2D eigenvalue weighted by atomic mass is 9.99. The Bertz CT molecular complexity index is 1460. The summed E-state index contributed by atoms with van der Waals surface area (Å²) in [6.07, 6.45) is -3.51. The van der Waals surface area contributed by atoms with E-state index in [-0.39, 0.29) is 17.5 Å². The molecule has 0 unspecified atom stereocenters. The molecule has 2 aliphatic heterocycles. The molecule has 0 aliphatic carbocycles. The maximum atomic E-state index is 13.7. The molecule has 4 rings (SSSR count). The van der Waals surface area contributed by atoms with Crippen molar-refractivity contribution in [1.29, 1.82) is 0 Å². The maximum Gasteiger partial charge on any atom is 0.303 e. The molecule has 44 heavy (non-hydrogen) atoms. The standard InChI is InChI=1S/C29H30N2O11S2/c1-15(32)38-14-23-24(39-16(2)33)25(40-17(3)34)26(41-18(4)35)28(42-23)44-29-30-22(13-21-7-6-12-43-21)27(36)31(29)19-8-10-20(37-5)11-9-19/h6-13,23-26,28H,14H2,1-5H3/b22-13-/t23-,24-,25-,26-,28-/m0/s1. The lowest BCUT2D eigenvalue weighted by Crippen LogP contribution is -2.61. The van der Waals surface area contributed by atoms with Gasteiger partial charge in [-0.25, -0.2) is 4.99 Å². The number of rotatable bonds is 9. The number of anilines is 1. The SMILES string of the molecule is COc1ccc(N2C(=O)/C(=C/c3cccs3)N=C2S[C@@H]2O[C@@H](COC(C)=O)[C@H](OC(C)=O)[C@H](OC(C)=O)[C@@H]2OC(C)=O)cc1. The van der Waals surface area contributed by atoms with E-state index in [9.17, 15) is 24.0 Å². The molecule has 0 N–H and O–H groups in total. The van der Waals surface area contributed by atoms with Crippen LogP contribution < -0.4 is 9.64 Å². The van der Waals surface area contributed by atoms with Crippen LogP contribution in [0.15, 0.2) is 52.5 Å². The summed E-state index contributed by atoms with van der Waals surface area (Å²) in [5, 5.41) is 2.02. The van der Waals surface area contributed by atoms with E-state index in [1.807, 2.05) is 17.5 Å². The molecule has 3 heterocycles. The van der Waals surface area contributed by atoms with Crippen LogP contribution in [0.1, 0.15) is 32.6 Å². The van der Waals surface area contributed by atoms with Gasteiger partial charge in [-0.1, -0.05) is 17.8 Å². The Balaban J connectivity index is 1.78. The van der Waals surface area contributed by atoms with Gasteiger partial charge >= 0.3 is 23.9 Å². The smallest absolute Gasteiger partial charge is 0.303 e. The second-order valence-electron chi connectivity index (χ2n) is 9.46. The predicted molar refractivity (Wildman–Crippen MR) is 160 cm³/mol. The number of hydrogen-bond donors (Lipinski definition) is 0. The maximum absolute atomic E-state index is 13.7. The van der Waals surface area contributed by atoms with Crippen LogP contribution in [0.3, 0.4) is 0 Å². The first-order valence-corrected chi connectivity index (χ1v) is 15.0. The summed E-state index contributed by atoms with van der Waals surface area (Å²) in [7, 11) is 1.52. The molecule has 13 nitrogen and oxygen atoms in total. The Morgan fingerprint density at radius 3 is 2.14 bits per heavy atom. The molecule has 15 heteroatoms. The first-order valence-electron chi connectivity index (χ1n) is 13.3. The van der Waals surface area contributed by atoms with Gasteiger partial charge in [0.2, 0.25) is 0 Å². The van der Waals surface area contributed by atoms with Crippen molar-refractivity contribution in [3.63, 3.8) is 0 Å². The van der Waals surface area contributed by atoms with E-state index in [1.165, 1.54) is 30.3 Å². The predicted octanol–water partition coefficient (Wildman–Crippen LogP) is 3.32. The van der Waals surface area contributed by atoms with Crippen molar-refractivity contribution in [2.75, 3.05) is 18.6 Å². The topological polar surface area (TPSA) is 156 Å². The molecule has 234 valence electrons. The van der Waals surface area contributed by atoms with Crippen LogP contribution in [-0.4, -0.2) is 78.5 Å². The average Bonchev–Trinajstić information content (AvgIpc) is 3.58. The monoisotopic (exact) mass is 646 g/mol. The second-order valence-corrected chi connectivity index (χ2v) is 11.5. The van der Waals surface area contributed by atoms with Crippen LogP contribution in [0.5, 0.6) is 5.75 Å². The zero-order chi connectivity index (χ0) is 32.0. The van der Waals surface area contributed by atoms with E-state index in [4.69, 9.17) is 28.4 Å². The van der Waals surface area contributed by atoms with Gasteiger partial charge < -0.3 is 28.4 Å². The molecule has 0 saturated carbocycles. The third-order valence-electron chi connectivity index (χ3n) is 6.15. The minimum Gasteiger partial charge on any atom is -0.497 e. The van der Waals surface area contributed by atoms with Gasteiger partial charge in [-0.3, -0.25) is 28.9 Å². The van der Waals surface area contributed by atoms with Crippen molar-refractivity contribution in [1.82, 2.24) is 0 Å². The molecule has 2 aromatic rings. The molecule has 0 bridgehead atoms. The highest BCUT2D eigenvalue weighted by Crippen LogP contribution is 2.39. The molecule has 1 aromatic carbocycles. The molecule has 1 saturated heterocycles. The highest BCUT2D eigenvalue weighted by atomic mass is 32.2. The van der Waals surface area contributed by atoms with Crippen molar-refractivity contribution >= 4 is 69.8 Å². The van der Waals surface area contributed by atoms with Crippen molar-refractivity contribution in [2.45, 2.75) is 57.5 Å². The van der Waals surface area contributed by atoms with E-state index in [1.54, 1.807) is 30.3 Å². The van der Waals surface area contributed by atoms with Gasteiger partial charge in [-0.15, -0.1) is 11.3 Å². The van der Waals surface area contributed by atoms with E-state index in [0.717, 1.165) is 37.4 Å². The number of esters is 4. The highest BCUT2D eigenvalue weighted by molar-refractivity contribution is 8.14. The zero-order valence-corrected chi connectivity index (χ0v) is 26.0. The molecular weight excluding hydrogens is 616 g/mol. The Labute approximate surface area is 261 Å². The summed E-state index contributed by atoms with van der Waals surface area (Å²) in [4.78, 5) is 68.6.